The average Bonchev–Trinajstić information content (AvgIpc) is 2.63. The van der Waals surface area contributed by atoms with Crippen molar-refractivity contribution in [1.29, 1.82) is 0 Å². The van der Waals surface area contributed by atoms with Crippen molar-refractivity contribution in [2.75, 3.05) is 38.2 Å². The third kappa shape index (κ3) is 3.62. The van der Waals surface area contributed by atoms with E-state index in [4.69, 9.17) is 27.9 Å². The van der Waals surface area contributed by atoms with Gasteiger partial charge < -0.3 is 14.5 Å². The van der Waals surface area contributed by atoms with Gasteiger partial charge >= 0.3 is 0 Å². The van der Waals surface area contributed by atoms with E-state index in [1.54, 1.807) is 12.1 Å². The minimum absolute atomic E-state index is 0.0583. The van der Waals surface area contributed by atoms with Gasteiger partial charge in [-0.25, -0.2) is 0 Å². The number of carbonyl (C=O) groups excluding carboxylic acids is 1. The Morgan fingerprint density at radius 3 is 2.23 bits per heavy atom. The number of methoxy groups -OCH3 is 1. The molecule has 0 spiro atoms. The van der Waals surface area contributed by atoms with Gasteiger partial charge in [0.2, 0.25) is 0 Å². The molecule has 0 aliphatic carbocycles. The predicted molar refractivity (Wildman–Crippen MR) is 107 cm³/mol. The SMILES string of the molecule is COc1c(Cl)cc(C(=O)N2CCN(c3cccc(C)c3C)CC2)cc1Cl. The van der Waals surface area contributed by atoms with Gasteiger partial charge in [-0.05, 0) is 43.2 Å². The second kappa shape index (κ2) is 7.77. The highest BCUT2D eigenvalue weighted by atomic mass is 35.5. The number of aryl methyl sites for hydroxylation is 1. The van der Waals surface area contributed by atoms with Crippen LogP contribution in [0.4, 0.5) is 5.69 Å². The number of halogens is 2. The lowest BCUT2D eigenvalue weighted by Gasteiger charge is -2.37. The number of anilines is 1. The van der Waals surface area contributed by atoms with Gasteiger partial charge in [0.1, 0.15) is 0 Å². The van der Waals surface area contributed by atoms with E-state index in [1.807, 2.05) is 4.90 Å². The molecule has 1 saturated heterocycles. The van der Waals surface area contributed by atoms with Crippen LogP contribution in [0.25, 0.3) is 0 Å². The van der Waals surface area contributed by atoms with Crippen molar-refractivity contribution in [2.24, 2.45) is 0 Å². The topological polar surface area (TPSA) is 32.8 Å². The monoisotopic (exact) mass is 392 g/mol. The van der Waals surface area contributed by atoms with E-state index in [0.717, 1.165) is 13.1 Å². The van der Waals surface area contributed by atoms with Crippen LogP contribution in [-0.4, -0.2) is 44.1 Å². The van der Waals surface area contributed by atoms with Crippen molar-refractivity contribution in [3.8, 4) is 5.75 Å². The third-order valence-electron chi connectivity index (χ3n) is 4.93. The van der Waals surface area contributed by atoms with E-state index < -0.39 is 0 Å². The van der Waals surface area contributed by atoms with Crippen molar-refractivity contribution in [3.63, 3.8) is 0 Å². The summed E-state index contributed by atoms with van der Waals surface area (Å²) in [5.41, 5.74) is 4.30. The predicted octanol–water partition coefficient (Wildman–Crippen LogP) is 4.58. The number of nitrogens with zero attached hydrogens (tertiary/aromatic N) is 2. The number of hydrogen-bond acceptors (Lipinski definition) is 3. The van der Waals surface area contributed by atoms with Crippen molar-refractivity contribution >= 4 is 34.8 Å². The lowest BCUT2D eigenvalue weighted by atomic mass is 10.1. The summed E-state index contributed by atoms with van der Waals surface area (Å²) in [5, 5.41) is 0.690. The minimum Gasteiger partial charge on any atom is -0.494 e. The number of amides is 1. The van der Waals surface area contributed by atoms with Crippen molar-refractivity contribution < 1.29 is 9.53 Å². The van der Waals surface area contributed by atoms with Crippen LogP contribution < -0.4 is 9.64 Å². The second-order valence-corrected chi connectivity index (χ2v) is 7.29. The van der Waals surface area contributed by atoms with Gasteiger partial charge in [0, 0.05) is 37.4 Å². The van der Waals surface area contributed by atoms with E-state index in [9.17, 15) is 4.79 Å². The molecular weight excluding hydrogens is 371 g/mol. The number of rotatable bonds is 3. The molecule has 4 nitrogen and oxygen atoms in total. The summed E-state index contributed by atoms with van der Waals surface area (Å²) in [6.45, 7) is 7.18. The van der Waals surface area contributed by atoms with Crippen LogP contribution in [-0.2, 0) is 0 Å². The summed E-state index contributed by atoms with van der Waals surface area (Å²) < 4.78 is 5.14. The molecule has 1 aliphatic heterocycles. The lowest BCUT2D eigenvalue weighted by molar-refractivity contribution is 0.0746. The van der Waals surface area contributed by atoms with Crippen LogP contribution in [0.5, 0.6) is 5.75 Å². The smallest absolute Gasteiger partial charge is 0.254 e. The number of benzene rings is 2. The molecule has 6 heteroatoms. The fraction of sp³-hybridized carbons (Fsp3) is 0.350. The Balaban J connectivity index is 1.72. The first-order valence-corrected chi connectivity index (χ1v) is 9.31. The van der Waals surface area contributed by atoms with Gasteiger partial charge in [-0.15, -0.1) is 0 Å². The second-order valence-electron chi connectivity index (χ2n) is 6.47. The number of piperazine rings is 1. The van der Waals surface area contributed by atoms with E-state index >= 15 is 0 Å². The summed E-state index contributed by atoms with van der Waals surface area (Å²) >= 11 is 12.3. The molecule has 0 saturated carbocycles. The fourth-order valence-electron chi connectivity index (χ4n) is 3.29. The Hall–Kier alpha value is -1.91. The molecule has 2 aromatic carbocycles. The number of carbonyl (C=O) groups is 1. The molecule has 1 heterocycles. The summed E-state index contributed by atoms with van der Waals surface area (Å²) in [5.74, 6) is 0.335. The Labute approximate surface area is 164 Å². The summed E-state index contributed by atoms with van der Waals surface area (Å²) in [6, 6.07) is 9.58. The molecule has 0 N–H and O–H groups in total. The maximum atomic E-state index is 12.8. The van der Waals surface area contributed by atoms with Crippen LogP contribution in [0, 0.1) is 13.8 Å². The fourth-order valence-corrected chi connectivity index (χ4v) is 3.93. The lowest BCUT2D eigenvalue weighted by Crippen LogP contribution is -2.49. The summed E-state index contributed by atoms with van der Waals surface area (Å²) in [4.78, 5) is 17.0. The Kier molecular flexibility index (Phi) is 5.64. The zero-order chi connectivity index (χ0) is 18.8. The summed E-state index contributed by atoms with van der Waals surface area (Å²) in [6.07, 6.45) is 0. The molecular formula is C20H22Cl2N2O2. The van der Waals surface area contributed by atoms with E-state index in [1.165, 1.54) is 23.9 Å². The molecule has 138 valence electrons. The van der Waals surface area contributed by atoms with Crippen LogP contribution in [0.1, 0.15) is 21.5 Å². The molecule has 3 rings (SSSR count). The normalized spacial score (nSPS) is 14.5. The maximum Gasteiger partial charge on any atom is 0.254 e. The molecule has 0 unspecified atom stereocenters. The van der Waals surface area contributed by atoms with Gasteiger partial charge in [0.05, 0.1) is 17.2 Å². The van der Waals surface area contributed by atoms with E-state index in [0.29, 0.717) is 34.4 Å². The molecule has 1 amide bonds. The first kappa shape index (κ1) is 18.9. The van der Waals surface area contributed by atoms with Crippen LogP contribution in [0.3, 0.4) is 0 Å². The molecule has 1 fully saturated rings. The highest BCUT2D eigenvalue weighted by Gasteiger charge is 2.24. The van der Waals surface area contributed by atoms with E-state index in [-0.39, 0.29) is 5.91 Å². The Bertz CT molecular complexity index is 808. The largest absolute Gasteiger partial charge is 0.494 e. The van der Waals surface area contributed by atoms with Crippen LogP contribution in [0.15, 0.2) is 30.3 Å². The standard InChI is InChI=1S/C20H22Cl2N2O2/c1-13-5-4-6-18(14(13)2)23-7-9-24(10-8-23)20(25)15-11-16(21)19(26-3)17(22)12-15/h4-6,11-12H,7-10H2,1-3H3. The Morgan fingerprint density at radius 2 is 1.65 bits per heavy atom. The molecule has 26 heavy (non-hydrogen) atoms. The minimum atomic E-state index is -0.0583. The van der Waals surface area contributed by atoms with Gasteiger partial charge in [0.25, 0.3) is 5.91 Å². The van der Waals surface area contributed by atoms with Crippen molar-refractivity contribution in [3.05, 3.63) is 57.1 Å². The van der Waals surface area contributed by atoms with Crippen LogP contribution in [0.2, 0.25) is 10.0 Å². The molecule has 0 radical (unpaired) electrons. The average molecular weight is 393 g/mol. The highest BCUT2D eigenvalue weighted by molar-refractivity contribution is 6.37. The van der Waals surface area contributed by atoms with Crippen LogP contribution >= 0.6 is 23.2 Å². The zero-order valence-electron chi connectivity index (χ0n) is 15.2. The van der Waals surface area contributed by atoms with Gasteiger partial charge in [-0.2, -0.15) is 0 Å². The maximum absolute atomic E-state index is 12.8. The summed E-state index contributed by atoms with van der Waals surface area (Å²) in [7, 11) is 1.50. The quantitative estimate of drug-likeness (QED) is 0.765. The molecule has 0 bridgehead atoms. The zero-order valence-corrected chi connectivity index (χ0v) is 16.7. The first-order valence-electron chi connectivity index (χ1n) is 8.56. The van der Waals surface area contributed by atoms with E-state index in [2.05, 4.69) is 36.9 Å². The van der Waals surface area contributed by atoms with Gasteiger partial charge in [-0.3, -0.25) is 4.79 Å². The van der Waals surface area contributed by atoms with Gasteiger partial charge in [0.15, 0.2) is 5.75 Å². The third-order valence-corrected chi connectivity index (χ3v) is 5.49. The number of ether oxygens (including phenoxy) is 1. The van der Waals surface area contributed by atoms with Crippen molar-refractivity contribution in [1.82, 2.24) is 4.90 Å². The first-order chi connectivity index (χ1) is 12.4. The highest BCUT2D eigenvalue weighted by Crippen LogP contribution is 2.34. The molecule has 0 aromatic heterocycles. The Morgan fingerprint density at radius 1 is 1.04 bits per heavy atom. The molecule has 2 aromatic rings. The molecule has 0 atom stereocenters. The van der Waals surface area contributed by atoms with Gasteiger partial charge in [-0.1, -0.05) is 35.3 Å². The number of hydrogen-bond donors (Lipinski definition) is 0. The van der Waals surface area contributed by atoms with Crippen molar-refractivity contribution in [2.45, 2.75) is 13.8 Å². The molecule has 1 aliphatic rings.